The van der Waals surface area contributed by atoms with Gasteiger partial charge in [-0.3, -0.25) is 0 Å². The van der Waals surface area contributed by atoms with Crippen molar-refractivity contribution in [3.05, 3.63) is 0 Å². The molecule has 1 aliphatic carbocycles. The highest BCUT2D eigenvalue weighted by molar-refractivity contribution is 4.76. The zero-order chi connectivity index (χ0) is 10.9. The van der Waals surface area contributed by atoms with Gasteiger partial charge in [0, 0.05) is 19.3 Å². The summed E-state index contributed by atoms with van der Waals surface area (Å²) in [5.41, 5.74) is 0. The Hall–Kier alpha value is -0.120. The monoisotopic (exact) mass is 215 g/mol. The first-order valence-corrected chi connectivity index (χ1v) is 6.26. The van der Waals surface area contributed by atoms with Crippen molar-refractivity contribution in [2.75, 3.05) is 20.3 Å². The minimum atomic E-state index is 0.313. The molecule has 0 amide bonds. The van der Waals surface area contributed by atoms with Gasteiger partial charge in [0.25, 0.3) is 0 Å². The molecule has 0 aromatic carbocycles. The highest BCUT2D eigenvalue weighted by Crippen LogP contribution is 2.21. The van der Waals surface area contributed by atoms with Crippen LogP contribution >= 0.6 is 0 Å². The van der Waals surface area contributed by atoms with Crippen molar-refractivity contribution in [1.29, 1.82) is 0 Å². The maximum absolute atomic E-state index is 8.62. The van der Waals surface area contributed by atoms with Crippen LogP contribution in [0.3, 0.4) is 0 Å². The number of rotatable bonds is 7. The fraction of sp³-hybridized carbons (Fsp3) is 1.00. The lowest BCUT2D eigenvalue weighted by Gasteiger charge is -2.28. The largest absolute Gasteiger partial charge is 0.396 e. The first-order chi connectivity index (χ1) is 7.36. The molecule has 0 saturated heterocycles. The Morgan fingerprint density at radius 2 is 1.87 bits per heavy atom. The minimum absolute atomic E-state index is 0.313. The van der Waals surface area contributed by atoms with E-state index in [1.54, 1.807) is 0 Å². The molecule has 0 heterocycles. The molecule has 0 unspecified atom stereocenters. The lowest BCUT2D eigenvalue weighted by Crippen LogP contribution is -2.33. The van der Waals surface area contributed by atoms with E-state index in [1.807, 2.05) is 7.05 Å². The Morgan fingerprint density at radius 3 is 2.47 bits per heavy atom. The second-order valence-corrected chi connectivity index (χ2v) is 4.42. The molecule has 90 valence electrons. The normalized spacial score (nSPS) is 26.8. The summed E-state index contributed by atoms with van der Waals surface area (Å²) in [6.45, 7) is 1.18. The van der Waals surface area contributed by atoms with Crippen LogP contribution in [-0.4, -0.2) is 37.5 Å². The van der Waals surface area contributed by atoms with Crippen LogP contribution < -0.4 is 5.32 Å². The third-order valence-electron chi connectivity index (χ3n) is 3.24. The number of unbranched alkanes of at least 4 members (excludes halogenated alkanes) is 2. The smallest absolute Gasteiger partial charge is 0.0576 e. The van der Waals surface area contributed by atoms with E-state index in [0.717, 1.165) is 25.9 Å². The van der Waals surface area contributed by atoms with Crippen LogP contribution in [0.2, 0.25) is 0 Å². The highest BCUT2D eigenvalue weighted by atomic mass is 16.5. The Balaban J connectivity index is 1.94. The van der Waals surface area contributed by atoms with E-state index >= 15 is 0 Å². The molecular weight excluding hydrogens is 190 g/mol. The van der Waals surface area contributed by atoms with E-state index in [0.29, 0.717) is 18.8 Å². The van der Waals surface area contributed by atoms with Gasteiger partial charge in [-0.1, -0.05) is 0 Å². The van der Waals surface area contributed by atoms with Crippen LogP contribution in [0, 0.1) is 0 Å². The van der Waals surface area contributed by atoms with Gasteiger partial charge >= 0.3 is 0 Å². The van der Waals surface area contributed by atoms with Gasteiger partial charge in [-0.15, -0.1) is 0 Å². The zero-order valence-electron chi connectivity index (χ0n) is 9.87. The van der Waals surface area contributed by atoms with Crippen LogP contribution in [0.4, 0.5) is 0 Å². The second-order valence-electron chi connectivity index (χ2n) is 4.42. The molecule has 0 bridgehead atoms. The summed E-state index contributed by atoms with van der Waals surface area (Å²) in [5, 5.41) is 11.9. The van der Waals surface area contributed by atoms with Gasteiger partial charge in [-0.05, 0) is 52.0 Å². The van der Waals surface area contributed by atoms with Crippen LogP contribution in [0.25, 0.3) is 0 Å². The average molecular weight is 215 g/mol. The lowest BCUT2D eigenvalue weighted by molar-refractivity contribution is 0.0207. The van der Waals surface area contributed by atoms with Gasteiger partial charge in [0.1, 0.15) is 0 Å². The molecule has 2 N–H and O–H groups in total. The van der Waals surface area contributed by atoms with E-state index < -0.39 is 0 Å². The van der Waals surface area contributed by atoms with Gasteiger partial charge in [0.15, 0.2) is 0 Å². The summed E-state index contributed by atoms with van der Waals surface area (Å²) >= 11 is 0. The molecule has 0 aromatic rings. The number of aliphatic hydroxyl groups excluding tert-OH is 1. The summed E-state index contributed by atoms with van der Waals surface area (Å²) in [6.07, 6.45) is 8.47. The SMILES string of the molecule is CNC1CCC(OCCCCCO)CC1. The number of aliphatic hydroxyl groups is 1. The van der Waals surface area contributed by atoms with Crippen molar-refractivity contribution in [3.8, 4) is 0 Å². The fourth-order valence-electron chi connectivity index (χ4n) is 2.16. The number of ether oxygens (including phenoxy) is 1. The Labute approximate surface area is 93.2 Å². The van der Waals surface area contributed by atoms with Gasteiger partial charge in [-0.25, -0.2) is 0 Å². The topological polar surface area (TPSA) is 41.5 Å². The van der Waals surface area contributed by atoms with Crippen LogP contribution in [0.15, 0.2) is 0 Å². The quantitative estimate of drug-likeness (QED) is 0.635. The Morgan fingerprint density at radius 1 is 1.13 bits per heavy atom. The van der Waals surface area contributed by atoms with Crippen LogP contribution in [0.5, 0.6) is 0 Å². The zero-order valence-corrected chi connectivity index (χ0v) is 9.87. The lowest BCUT2D eigenvalue weighted by atomic mass is 9.93. The molecule has 0 aliphatic heterocycles. The molecule has 3 nitrogen and oxygen atoms in total. The number of nitrogens with one attached hydrogen (secondary N) is 1. The Kier molecular flexibility index (Phi) is 6.98. The molecule has 1 saturated carbocycles. The predicted octanol–water partition coefficient (Wildman–Crippen LogP) is 1.70. The van der Waals surface area contributed by atoms with Crippen molar-refractivity contribution in [2.24, 2.45) is 0 Å². The number of hydrogen-bond donors (Lipinski definition) is 2. The molecule has 1 fully saturated rings. The van der Waals surface area contributed by atoms with Crippen molar-refractivity contribution in [2.45, 2.75) is 57.1 Å². The maximum Gasteiger partial charge on any atom is 0.0576 e. The summed E-state index contributed by atoms with van der Waals surface area (Å²) in [7, 11) is 2.04. The summed E-state index contributed by atoms with van der Waals surface area (Å²) in [6, 6.07) is 0.708. The number of hydrogen-bond acceptors (Lipinski definition) is 3. The molecule has 0 radical (unpaired) electrons. The molecule has 15 heavy (non-hydrogen) atoms. The molecule has 0 aromatic heterocycles. The van der Waals surface area contributed by atoms with E-state index in [1.165, 1.54) is 25.7 Å². The van der Waals surface area contributed by atoms with Crippen LogP contribution in [-0.2, 0) is 4.74 Å². The molecular formula is C12H25NO2. The average Bonchev–Trinajstić information content (AvgIpc) is 2.30. The predicted molar refractivity (Wildman–Crippen MR) is 62.0 cm³/mol. The molecule has 1 aliphatic rings. The third kappa shape index (κ3) is 5.50. The molecule has 1 rings (SSSR count). The van der Waals surface area contributed by atoms with E-state index in [4.69, 9.17) is 9.84 Å². The summed E-state index contributed by atoms with van der Waals surface area (Å²) < 4.78 is 5.81. The minimum Gasteiger partial charge on any atom is -0.396 e. The molecule has 0 spiro atoms. The second kappa shape index (κ2) is 8.08. The van der Waals surface area contributed by atoms with Gasteiger partial charge in [0.05, 0.1) is 6.10 Å². The maximum atomic E-state index is 8.62. The van der Waals surface area contributed by atoms with E-state index in [9.17, 15) is 0 Å². The van der Waals surface area contributed by atoms with Gasteiger partial charge in [0.2, 0.25) is 0 Å². The van der Waals surface area contributed by atoms with Gasteiger partial charge in [-0.2, -0.15) is 0 Å². The Bertz CT molecular complexity index is 145. The fourth-order valence-corrected chi connectivity index (χ4v) is 2.16. The van der Waals surface area contributed by atoms with Crippen molar-refractivity contribution < 1.29 is 9.84 Å². The van der Waals surface area contributed by atoms with Gasteiger partial charge < -0.3 is 15.2 Å². The third-order valence-corrected chi connectivity index (χ3v) is 3.24. The van der Waals surface area contributed by atoms with Crippen molar-refractivity contribution in [3.63, 3.8) is 0 Å². The van der Waals surface area contributed by atoms with E-state index in [-0.39, 0.29) is 0 Å². The standard InChI is InChI=1S/C12H25NO2/c1-13-11-5-7-12(8-6-11)15-10-4-2-3-9-14/h11-14H,2-10H2,1H3. The first-order valence-electron chi connectivity index (χ1n) is 6.26. The molecule has 0 atom stereocenters. The van der Waals surface area contributed by atoms with Crippen molar-refractivity contribution in [1.82, 2.24) is 5.32 Å². The summed E-state index contributed by atoms with van der Waals surface area (Å²) in [4.78, 5) is 0. The van der Waals surface area contributed by atoms with Crippen molar-refractivity contribution >= 4 is 0 Å². The molecule has 3 heteroatoms. The highest BCUT2D eigenvalue weighted by Gasteiger charge is 2.19. The first kappa shape index (κ1) is 12.9. The van der Waals surface area contributed by atoms with Crippen LogP contribution in [0.1, 0.15) is 44.9 Å². The van der Waals surface area contributed by atoms with E-state index in [2.05, 4.69) is 5.32 Å². The summed E-state index contributed by atoms with van der Waals surface area (Å²) in [5.74, 6) is 0.